The number of benzene rings is 1. The number of aromatic nitrogens is 2. The summed E-state index contributed by atoms with van der Waals surface area (Å²) in [5, 5.41) is 8.69. The molecule has 3 N–H and O–H groups in total. The monoisotopic (exact) mass is 241 g/mol. The predicted molar refractivity (Wildman–Crippen MR) is 65.8 cm³/mol. The molecule has 90 valence electrons. The van der Waals surface area contributed by atoms with Crippen LogP contribution in [0.4, 0.5) is 5.82 Å². The fourth-order valence-corrected chi connectivity index (χ4v) is 1.38. The molecule has 6 heteroatoms. The Hall–Kier alpha value is -2.65. The van der Waals surface area contributed by atoms with Gasteiger partial charge >= 0.3 is 0 Å². The molecule has 18 heavy (non-hydrogen) atoms. The largest absolute Gasteiger partial charge is 0.439 e. The van der Waals surface area contributed by atoms with E-state index < -0.39 is 0 Å². The minimum absolute atomic E-state index is 0.389. The van der Waals surface area contributed by atoms with Crippen molar-refractivity contribution in [2.24, 2.45) is 5.84 Å². The van der Waals surface area contributed by atoms with Crippen LogP contribution in [0, 0.1) is 18.3 Å². The van der Waals surface area contributed by atoms with Crippen molar-refractivity contribution in [3.05, 3.63) is 41.7 Å². The zero-order valence-corrected chi connectivity index (χ0v) is 9.71. The molecule has 1 heterocycles. The van der Waals surface area contributed by atoms with E-state index in [1.807, 2.05) is 6.07 Å². The summed E-state index contributed by atoms with van der Waals surface area (Å²) >= 11 is 0. The number of nitrogens with one attached hydrogen (secondary N) is 1. The van der Waals surface area contributed by atoms with Gasteiger partial charge in [0, 0.05) is 6.07 Å². The molecule has 1 aromatic carbocycles. The second-order valence-corrected chi connectivity index (χ2v) is 3.52. The van der Waals surface area contributed by atoms with Gasteiger partial charge in [0.2, 0.25) is 5.88 Å². The first-order valence-corrected chi connectivity index (χ1v) is 5.21. The number of nitriles is 1. The van der Waals surface area contributed by atoms with Gasteiger partial charge in [-0.3, -0.25) is 0 Å². The maximum Gasteiger partial charge on any atom is 0.224 e. The number of ether oxygens (including phenoxy) is 1. The van der Waals surface area contributed by atoms with Crippen LogP contribution in [0.2, 0.25) is 0 Å². The van der Waals surface area contributed by atoms with Crippen molar-refractivity contribution in [3.8, 4) is 17.7 Å². The average molecular weight is 241 g/mol. The lowest BCUT2D eigenvalue weighted by molar-refractivity contribution is 0.460. The zero-order chi connectivity index (χ0) is 13.0. The Morgan fingerprint density at radius 2 is 2.00 bits per heavy atom. The third-order valence-electron chi connectivity index (χ3n) is 2.17. The van der Waals surface area contributed by atoms with Gasteiger partial charge < -0.3 is 10.2 Å². The van der Waals surface area contributed by atoms with E-state index in [-0.39, 0.29) is 0 Å². The Balaban J connectivity index is 2.22. The quantitative estimate of drug-likeness (QED) is 0.627. The van der Waals surface area contributed by atoms with Crippen LogP contribution in [0.25, 0.3) is 0 Å². The van der Waals surface area contributed by atoms with Crippen LogP contribution in [-0.4, -0.2) is 9.97 Å². The van der Waals surface area contributed by atoms with Crippen molar-refractivity contribution < 1.29 is 4.74 Å². The topological polar surface area (TPSA) is 96.9 Å². The molecule has 0 spiro atoms. The van der Waals surface area contributed by atoms with Crippen molar-refractivity contribution in [2.75, 3.05) is 5.43 Å². The minimum Gasteiger partial charge on any atom is -0.439 e. The molecule has 0 atom stereocenters. The number of hydrogen-bond acceptors (Lipinski definition) is 6. The van der Waals surface area contributed by atoms with Gasteiger partial charge in [0.1, 0.15) is 17.4 Å². The van der Waals surface area contributed by atoms with E-state index >= 15 is 0 Å². The zero-order valence-electron chi connectivity index (χ0n) is 9.71. The van der Waals surface area contributed by atoms with Gasteiger partial charge in [0.15, 0.2) is 0 Å². The van der Waals surface area contributed by atoms with Gasteiger partial charge in [-0.25, -0.2) is 10.8 Å². The Morgan fingerprint density at radius 1 is 1.28 bits per heavy atom. The molecule has 0 aliphatic heterocycles. The third kappa shape index (κ3) is 2.72. The van der Waals surface area contributed by atoms with E-state index in [1.165, 1.54) is 0 Å². The second kappa shape index (κ2) is 5.12. The fourth-order valence-electron chi connectivity index (χ4n) is 1.38. The van der Waals surface area contributed by atoms with Crippen molar-refractivity contribution in [2.45, 2.75) is 6.92 Å². The molecule has 0 amide bonds. The van der Waals surface area contributed by atoms with Gasteiger partial charge in [-0.1, -0.05) is 0 Å². The smallest absolute Gasteiger partial charge is 0.224 e. The molecule has 0 saturated heterocycles. The van der Waals surface area contributed by atoms with Crippen molar-refractivity contribution >= 4 is 5.82 Å². The summed E-state index contributed by atoms with van der Waals surface area (Å²) in [4.78, 5) is 8.18. The highest BCUT2D eigenvalue weighted by Crippen LogP contribution is 2.21. The molecule has 0 fully saturated rings. The van der Waals surface area contributed by atoms with Crippen LogP contribution in [0.1, 0.15) is 11.4 Å². The molecule has 2 rings (SSSR count). The molecule has 1 aromatic heterocycles. The van der Waals surface area contributed by atoms with Crippen LogP contribution >= 0.6 is 0 Å². The van der Waals surface area contributed by atoms with Crippen molar-refractivity contribution in [1.29, 1.82) is 5.26 Å². The average Bonchev–Trinajstić information content (AvgIpc) is 2.39. The molecular weight excluding hydrogens is 230 g/mol. The van der Waals surface area contributed by atoms with Crippen LogP contribution in [0.5, 0.6) is 11.6 Å². The van der Waals surface area contributed by atoms with Gasteiger partial charge in [0.05, 0.1) is 11.6 Å². The molecule has 0 aliphatic carbocycles. The van der Waals surface area contributed by atoms with E-state index in [1.54, 1.807) is 37.3 Å². The summed E-state index contributed by atoms with van der Waals surface area (Å²) < 4.78 is 5.55. The first kappa shape index (κ1) is 11.8. The van der Waals surface area contributed by atoms with Crippen LogP contribution in [-0.2, 0) is 0 Å². The van der Waals surface area contributed by atoms with Gasteiger partial charge in [-0.2, -0.15) is 10.2 Å². The lowest BCUT2D eigenvalue weighted by atomic mass is 10.2. The van der Waals surface area contributed by atoms with Crippen LogP contribution < -0.4 is 16.0 Å². The summed E-state index contributed by atoms with van der Waals surface area (Å²) in [7, 11) is 0. The number of hydrogen-bond donors (Lipinski definition) is 2. The van der Waals surface area contributed by atoms with Gasteiger partial charge in [-0.05, 0) is 31.2 Å². The van der Waals surface area contributed by atoms with Gasteiger partial charge in [-0.15, -0.1) is 0 Å². The normalized spacial score (nSPS) is 9.61. The maximum absolute atomic E-state index is 8.69. The highest BCUT2D eigenvalue weighted by molar-refractivity contribution is 5.40. The minimum atomic E-state index is 0.389. The van der Waals surface area contributed by atoms with E-state index in [0.717, 1.165) is 0 Å². The standard InChI is InChI=1S/C12H11N5O/c1-8-15-11(17-14)6-12(16-8)18-10-4-2-9(7-13)3-5-10/h2-6H,14H2,1H3,(H,15,16,17). The van der Waals surface area contributed by atoms with E-state index in [2.05, 4.69) is 15.4 Å². The van der Waals surface area contributed by atoms with E-state index in [4.69, 9.17) is 15.8 Å². The lowest BCUT2D eigenvalue weighted by Crippen LogP contribution is -2.09. The fraction of sp³-hybridized carbons (Fsp3) is 0.0833. The number of aryl methyl sites for hydroxylation is 1. The summed E-state index contributed by atoms with van der Waals surface area (Å²) in [5.74, 6) is 7.30. The Morgan fingerprint density at radius 3 is 2.61 bits per heavy atom. The van der Waals surface area contributed by atoms with Crippen LogP contribution in [0.3, 0.4) is 0 Å². The molecule has 0 bridgehead atoms. The number of nitrogen functional groups attached to an aromatic ring is 1. The molecule has 0 unspecified atom stereocenters. The SMILES string of the molecule is Cc1nc(NN)cc(Oc2ccc(C#N)cc2)n1. The number of anilines is 1. The van der Waals surface area contributed by atoms with Gasteiger partial charge in [0.25, 0.3) is 0 Å². The Bertz CT molecular complexity index is 588. The van der Waals surface area contributed by atoms with Crippen molar-refractivity contribution in [1.82, 2.24) is 9.97 Å². The first-order valence-electron chi connectivity index (χ1n) is 5.21. The number of nitrogens with two attached hydrogens (primary N) is 1. The summed E-state index contributed by atoms with van der Waals surface area (Å²) in [6.07, 6.45) is 0. The molecule has 2 aromatic rings. The predicted octanol–water partition coefficient (Wildman–Crippen LogP) is 1.73. The summed E-state index contributed by atoms with van der Waals surface area (Å²) in [6.45, 7) is 1.74. The van der Waals surface area contributed by atoms with E-state index in [9.17, 15) is 0 Å². The molecule has 6 nitrogen and oxygen atoms in total. The first-order chi connectivity index (χ1) is 8.71. The molecular formula is C12H11N5O. The Kier molecular flexibility index (Phi) is 3.36. The second-order valence-electron chi connectivity index (χ2n) is 3.52. The maximum atomic E-state index is 8.69. The highest BCUT2D eigenvalue weighted by atomic mass is 16.5. The number of hydrazine groups is 1. The summed E-state index contributed by atoms with van der Waals surface area (Å²) in [6, 6.07) is 10.4. The highest BCUT2D eigenvalue weighted by Gasteiger charge is 2.03. The molecule has 0 aliphatic rings. The lowest BCUT2D eigenvalue weighted by Gasteiger charge is -2.07. The number of nitrogens with zero attached hydrogens (tertiary/aromatic N) is 3. The third-order valence-corrected chi connectivity index (χ3v) is 2.17. The van der Waals surface area contributed by atoms with Crippen molar-refractivity contribution in [3.63, 3.8) is 0 Å². The van der Waals surface area contributed by atoms with Crippen LogP contribution in [0.15, 0.2) is 30.3 Å². The Labute approximate surface area is 104 Å². The molecule has 0 radical (unpaired) electrons. The number of rotatable bonds is 3. The summed E-state index contributed by atoms with van der Waals surface area (Å²) in [5.41, 5.74) is 3.01. The molecule has 0 saturated carbocycles. The van der Waals surface area contributed by atoms with E-state index in [0.29, 0.717) is 28.8 Å².